The minimum atomic E-state index is -0.431. The van der Waals surface area contributed by atoms with Gasteiger partial charge in [0.05, 0.1) is 16.8 Å². The lowest BCUT2D eigenvalue weighted by Gasteiger charge is -2.11. The van der Waals surface area contributed by atoms with E-state index in [4.69, 9.17) is 10.5 Å². The highest BCUT2D eigenvalue weighted by Gasteiger charge is 2.10. The van der Waals surface area contributed by atoms with E-state index in [-0.39, 0.29) is 11.7 Å². The van der Waals surface area contributed by atoms with Crippen LogP contribution in [0.15, 0.2) is 36.5 Å². The third-order valence-electron chi connectivity index (χ3n) is 3.18. The number of nitro groups is 1. The molecule has 6 heteroatoms. The largest absolute Gasteiger partial charge is 0.455 e. The molecule has 6 nitrogen and oxygen atoms in total. The molecule has 0 fully saturated rings. The zero-order chi connectivity index (χ0) is 15.4. The van der Waals surface area contributed by atoms with Gasteiger partial charge in [-0.05, 0) is 37.1 Å². The highest BCUT2D eigenvalue weighted by Crippen LogP contribution is 2.28. The van der Waals surface area contributed by atoms with E-state index >= 15 is 0 Å². The van der Waals surface area contributed by atoms with E-state index in [1.165, 1.54) is 12.1 Å². The number of ether oxygens (including phenoxy) is 1. The molecule has 1 heterocycles. The predicted octanol–water partition coefficient (Wildman–Crippen LogP) is 3.50. The maximum Gasteiger partial charge on any atom is 0.269 e. The van der Waals surface area contributed by atoms with E-state index < -0.39 is 4.92 Å². The van der Waals surface area contributed by atoms with Crippen LogP contribution in [0.3, 0.4) is 0 Å². The molecule has 0 amide bonds. The molecule has 1 aromatic heterocycles. The van der Waals surface area contributed by atoms with E-state index in [9.17, 15) is 10.1 Å². The summed E-state index contributed by atoms with van der Waals surface area (Å²) in [6.07, 6.45) is 2.42. The molecule has 2 rings (SSSR count). The molecule has 0 aliphatic rings. The number of non-ortho nitro benzene ring substituents is 1. The number of hydrogen-bond donors (Lipinski definition) is 1. The SMILES string of the molecule is CC[C@@H](N)c1ccc(Oc2ccc([N+](=O)[O-])cc2C)cn1. The van der Waals surface area contributed by atoms with Crippen LogP contribution in [0, 0.1) is 17.0 Å². The lowest BCUT2D eigenvalue weighted by molar-refractivity contribution is -0.384. The summed E-state index contributed by atoms with van der Waals surface area (Å²) >= 11 is 0. The molecular weight excluding hydrogens is 270 g/mol. The van der Waals surface area contributed by atoms with Gasteiger partial charge in [0.1, 0.15) is 11.5 Å². The fourth-order valence-electron chi connectivity index (χ4n) is 1.87. The monoisotopic (exact) mass is 287 g/mol. The van der Waals surface area contributed by atoms with Crippen LogP contribution in [0.5, 0.6) is 11.5 Å². The Morgan fingerprint density at radius 3 is 2.67 bits per heavy atom. The Hall–Kier alpha value is -2.47. The first-order chi connectivity index (χ1) is 10.0. The first-order valence-corrected chi connectivity index (χ1v) is 6.65. The summed E-state index contributed by atoms with van der Waals surface area (Å²) in [4.78, 5) is 14.5. The third kappa shape index (κ3) is 3.55. The second kappa shape index (κ2) is 6.32. The first-order valence-electron chi connectivity index (χ1n) is 6.65. The fraction of sp³-hybridized carbons (Fsp3) is 0.267. The molecule has 2 aromatic rings. The van der Waals surface area contributed by atoms with Crippen molar-refractivity contribution in [2.75, 3.05) is 0 Å². The molecule has 0 aliphatic heterocycles. The summed E-state index contributed by atoms with van der Waals surface area (Å²) in [6, 6.07) is 8.00. The summed E-state index contributed by atoms with van der Waals surface area (Å²) in [5.74, 6) is 1.13. The standard InChI is InChI=1S/C15H17N3O3/c1-3-13(16)14-6-5-12(9-17-14)21-15-7-4-11(18(19)20)8-10(15)2/h4-9,13H,3,16H2,1-2H3/t13-/m1/s1. The maximum atomic E-state index is 10.7. The quantitative estimate of drug-likeness (QED) is 0.671. The number of rotatable bonds is 5. The predicted molar refractivity (Wildman–Crippen MR) is 79.4 cm³/mol. The Bertz CT molecular complexity index is 641. The van der Waals surface area contributed by atoms with Crippen LogP contribution >= 0.6 is 0 Å². The lowest BCUT2D eigenvalue weighted by Crippen LogP contribution is -2.10. The second-order valence-corrected chi connectivity index (χ2v) is 4.74. The van der Waals surface area contributed by atoms with Crippen LogP contribution in [0.25, 0.3) is 0 Å². The Kier molecular flexibility index (Phi) is 4.49. The maximum absolute atomic E-state index is 10.7. The molecule has 0 unspecified atom stereocenters. The van der Waals surface area contributed by atoms with Crippen molar-refractivity contribution < 1.29 is 9.66 Å². The Labute approximate surface area is 122 Å². The van der Waals surface area contributed by atoms with E-state index in [1.807, 2.05) is 13.0 Å². The zero-order valence-corrected chi connectivity index (χ0v) is 11.9. The molecular formula is C15H17N3O3. The molecule has 21 heavy (non-hydrogen) atoms. The number of pyridine rings is 1. The molecule has 110 valence electrons. The number of aryl methyl sites for hydroxylation is 1. The summed E-state index contributed by atoms with van der Waals surface area (Å²) in [6.45, 7) is 3.76. The van der Waals surface area contributed by atoms with Crippen LogP contribution < -0.4 is 10.5 Å². The normalized spacial score (nSPS) is 12.0. The molecule has 0 saturated carbocycles. The van der Waals surface area contributed by atoms with Gasteiger partial charge in [0.2, 0.25) is 0 Å². The van der Waals surface area contributed by atoms with Crippen LogP contribution in [-0.4, -0.2) is 9.91 Å². The third-order valence-corrected chi connectivity index (χ3v) is 3.18. The Morgan fingerprint density at radius 1 is 1.38 bits per heavy atom. The van der Waals surface area contributed by atoms with Crippen LogP contribution in [0.1, 0.15) is 30.6 Å². The average molecular weight is 287 g/mol. The van der Waals surface area contributed by atoms with Crippen molar-refractivity contribution in [3.05, 3.63) is 57.9 Å². The van der Waals surface area contributed by atoms with Crippen molar-refractivity contribution in [2.45, 2.75) is 26.3 Å². The van der Waals surface area contributed by atoms with Gasteiger partial charge >= 0.3 is 0 Å². The van der Waals surface area contributed by atoms with Gasteiger partial charge in [0, 0.05) is 18.2 Å². The van der Waals surface area contributed by atoms with E-state index in [0.29, 0.717) is 17.1 Å². The Balaban J connectivity index is 2.16. The molecule has 0 bridgehead atoms. The van der Waals surface area contributed by atoms with Gasteiger partial charge in [0.25, 0.3) is 5.69 Å². The van der Waals surface area contributed by atoms with Gasteiger partial charge in [-0.15, -0.1) is 0 Å². The molecule has 0 spiro atoms. The van der Waals surface area contributed by atoms with Crippen molar-refractivity contribution in [3.63, 3.8) is 0 Å². The number of nitrogens with zero attached hydrogens (tertiary/aromatic N) is 2. The lowest BCUT2D eigenvalue weighted by atomic mass is 10.1. The smallest absolute Gasteiger partial charge is 0.269 e. The van der Waals surface area contributed by atoms with Gasteiger partial charge in [-0.2, -0.15) is 0 Å². The van der Waals surface area contributed by atoms with Crippen LogP contribution in [-0.2, 0) is 0 Å². The van der Waals surface area contributed by atoms with Gasteiger partial charge in [-0.1, -0.05) is 6.92 Å². The minimum Gasteiger partial charge on any atom is -0.455 e. The molecule has 0 saturated heterocycles. The van der Waals surface area contributed by atoms with Gasteiger partial charge < -0.3 is 10.5 Å². The number of aromatic nitrogens is 1. The minimum absolute atomic E-state index is 0.0437. The molecule has 1 aromatic carbocycles. The van der Waals surface area contributed by atoms with Gasteiger partial charge in [0.15, 0.2) is 0 Å². The average Bonchev–Trinajstić information content (AvgIpc) is 2.49. The second-order valence-electron chi connectivity index (χ2n) is 4.74. The fourth-order valence-corrected chi connectivity index (χ4v) is 1.87. The van der Waals surface area contributed by atoms with Gasteiger partial charge in [-0.3, -0.25) is 15.1 Å². The number of nitrogens with two attached hydrogens (primary N) is 1. The van der Waals surface area contributed by atoms with Crippen LogP contribution in [0.2, 0.25) is 0 Å². The van der Waals surface area contributed by atoms with Crippen molar-refractivity contribution in [1.82, 2.24) is 4.98 Å². The van der Waals surface area contributed by atoms with Crippen molar-refractivity contribution in [2.24, 2.45) is 5.73 Å². The zero-order valence-electron chi connectivity index (χ0n) is 11.9. The number of benzene rings is 1. The molecule has 0 aliphatic carbocycles. The van der Waals surface area contributed by atoms with Gasteiger partial charge in [-0.25, -0.2) is 0 Å². The van der Waals surface area contributed by atoms with E-state index in [2.05, 4.69) is 4.98 Å². The van der Waals surface area contributed by atoms with Crippen molar-refractivity contribution in [1.29, 1.82) is 0 Å². The van der Waals surface area contributed by atoms with Crippen LogP contribution in [0.4, 0.5) is 5.69 Å². The van der Waals surface area contributed by atoms with Crippen molar-refractivity contribution >= 4 is 5.69 Å². The summed E-state index contributed by atoms with van der Waals surface area (Å²) in [5.41, 5.74) is 7.45. The first kappa shape index (κ1) is 14.9. The highest BCUT2D eigenvalue weighted by molar-refractivity contribution is 5.44. The number of nitro benzene ring substituents is 1. The summed E-state index contributed by atoms with van der Waals surface area (Å²) < 4.78 is 5.69. The summed E-state index contributed by atoms with van der Waals surface area (Å²) in [7, 11) is 0. The number of hydrogen-bond acceptors (Lipinski definition) is 5. The molecule has 2 N–H and O–H groups in total. The Morgan fingerprint density at radius 2 is 2.14 bits per heavy atom. The van der Waals surface area contributed by atoms with E-state index in [0.717, 1.165) is 12.1 Å². The van der Waals surface area contributed by atoms with Crippen molar-refractivity contribution in [3.8, 4) is 11.5 Å². The molecule has 0 radical (unpaired) electrons. The molecule has 1 atom stereocenters. The topological polar surface area (TPSA) is 91.3 Å². The van der Waals surface area contributed by atoms with E-state index in [1.54, 1.807) is 25.3 Å². The summed E-state index contributed by atoms with van der Waals surface area (Å²) in [5, 5.41) is 10.7. The highest BCUT2D eigenvalue weighted by atomic mass is 16.6.